The number of rotatable bonds is 2. The van der Waals surface area contributed by atoms with Crippen molar-refractivity contribution in [3.8, 4) is 11.4 Å². The monoisotopic (exact) mass is 387 g/mol. The van der Waals surface area contributed by atoms with Crippen LogP contribution in [0.4, 0.5) is 8.78 Å². The van der Waals surface area contributed by atoms with Gasteiger partial charge in [0.15, 0.2) is 0 Å². The highest BCUT2D eigenvalue weighted by atomic mass is 19.3. The van der Waals surface area contributed by atoms with Crippen molar-refractivity contribution in [2.45, 2.75) is 39.5 Å². The Hall–Kier alpha value is -3.03. The van der Waals surface area contributed by atoms with Crippen LogP contribution in [-0.4, -0.2) is 25.4 Å². The van der Waals surface area contributed by atoms with Crippen molar-refractivity contribution < 1.29 is 18.7 Å². The molecule has 3 aromatic rings. The van der Waals surface area contributed by atoms with Crippen LogP contribution in [0.15, 0.2) is 29.2 Å². The van der Waals surface area contributed by atoms with E-state index in [1.54, 1.807) is 16.7 Å². The topological polar surface area (TPSA) is 87.5 Å². The van der Waals surface area contributed by atoms with E-state index in [9.17, 15) is 23.5 Å². The maximum Gasteiger partial charge on any atom is 0.341 e. The molecular formula is C20H19F2N3O3. The van der Waals surface area contributed by atoms with Crippen molar-refractivity contribution in [2.24, 2.45) is 5.41 Å². The van der Waals surface area contributed by atoms with E-state index in [2.05, 4.69) is 9.97 Å². The molecule has 4 rings (SSSR count). The summed E-state index contributed by atoms with van der Waals surface area (Å²) in [4.78, 5) is 30.8. The van der Waals surface area contributed by atoms with Crippen molar-refractivity contribution in [1.29, 1.82) is 0 Å². The molecule has 3 heterocycles. The molecule has 3 aromatic heterocycles. The Morgan fingerprint density at radius 2 is 2.11 bits per heavy atom. The summed E-state index contributed by atoms with van der Waals surface area (Å²) in [5, 5.41) is 9.34. The van der Waals surface area contributed by atoms with Gasteiger partial charge in [0.05, 0.1) is 17.0 Å². The van der Waals surface area contributed by atoms with Crippen LogP contribution in [0.25, 0.3) is 17.0 Å². The van der Waals surface area contributed by atoms with Crippen LogP contribution in [0.5, 0.6) is 0 Å². The molecule has 0 aromatic carbocycles. The normalized spacial score (nSPS) is 16.3. The zero-order chi connectivity index (χ0) is 20.4. The first-order chi connectivity index (χ1) is 13.1. The molecule has 0 amide bonds. The van der Waals surface area contributed by atoms with Gasteiger partial charge in [0.2, 0.25) is 0 Å². The summed E-state index contributed by atoms with van der Waals surface area (Å²) in [6.07, 6.45) is -0.509. The first-order valence-electron chi connectivity index (χ1n) is 8.88. The van der Waals surface area contributed by atoms with Gasteiger partial charge in [-0.2, -0.15) is 0 Å². The second-order valence-electron chi connectivity index (χ2n) is 8.14. The molecule has 8 heteroatoms. The predicted molar refractivity (Wildman–Crippen MR) is 99.1 cm³/mol. The number of alkyl halides is 2. The van der Waals surface area contributed by atoms with Gasteiger partial charge in [-0.05, 0) is 41.5 Å². The molecule has 1 aliphatic carbocycles. The molecule has 0 radical (unpaired) electrons. The second kappa shape index (κ2) is 5.98. The van der Waals surface area contributed by atoms with Gasteiger partial charge in [0.25, 0.3) is 12.0 Å². The molecule has 0 aliphatic heterocycles. The number of carboxylic acid groups (broad SMARTS) is 1. The molecule has 0 fully saturated rings. The van der Waals surface area contributed by atoms with Crippen LogP contribution in [0.1, 0.15) is 60.3 Å². The fourth-order valence-electron chi connectivity index (χ4n) is 3.96. The van der Waals surface area contributed by atoms with Crippen LogP contribution >= 0.6 is 0 Å². The summed E-state index contributed by atoms with van der Waals surface area (Å²) in [5.74, 6) is -1.43. The first-order valence-corrected chi connectivity index (χ1v) is 8.88. The Morgan fingerprint density at radius 3 is 2.71 bits per heavy atom. The minimum absolute atomic E-state index is 0.125. The number of halogens is 2. The number of pyridine rings is 2. The number of fused-ring (bicyclic) bond motifs is 5. The third-order valence-corrected chi connectivity index (χ3v) is 5.37. The number of aromatic nitrogens is 3. The molecule has 0 bridgehead atoms. The van der Waals surface area contributed by atoms with Gasteiger partial charge >= 0.3 is 5.97 Å². The summed E-state index contributed by atoms with van der Waals surface area (Å²) < 4.78 is 28.5. The summed E-state index contributed by atoms with van der Waals surface area (Å²) in [7, 11) is 0. The standard InChI is InChI=1S/C20H19F2N3O3/c1-20(2,3)12-8-13-15(14-10(12)7-11(19(27)28)18(26)24-14)23-17-9(16(21)22)5-4-6-25(13)17/h4-7,12,16H,8H2,1-3H3,(H,24,26)(H,27,28)/t12-/m1/s1. The average molecular weight is 387 g/mol. The highest BCUT2D eigenvalue weighted by Gasteiger charge is 2.37. The molecule has 0 unspecified atom stereocenters. The number of aromatic amines is 1. The van der Waals surface area contributed by atoms with E-state index in [0.29, 0.717) is 23.4 Å². The first kappa shape index (κ1) is 18.3. The number of H-pyrrole nitrogens is 1. The van der Waals surface area contributed by atoms with Crippen LogP contribution in [0, 0.1) is 5.41 Å². The third-order valence-electron chi connectivity index (χ3n) is 5.37. The molecule has 6 nitrogen and oxygen atoms in total. The van der Waals surface area contributed by atoms with Crippen molar-refractivity contribution in [2.75, 3.05) is 0 Å². The van der Waals surface area contributed by atoms with Crippen molar-refractivity contribution in [3.63, 3.8) is 0 Å². The van der Waals surface area contributed by atoms with E-state index < -0.39 is 18.0 Å². The number of imidazole rings is 1. The second-order valence-corrected chi connectivity index (χ2v) is 8.14. The van der Waals surface area contributed by atoms with E-state index in [4.69, 9.17) is 0 Å². The molecule has 0 saturated heterocycles. The minimum atomic E-state index is -2.68. The highest BCUT2D eigenvalue weighted by Crippen LogP contribution is 2.46. The SMILES string of the molecule is CC(C)(C)[C@@H]1Cc2c(nc3c(C(F)F)cccn23)-c2[nH]c(=O)c(C(=O)O)cc21. The average Bonchev–Trinajstić information content (AvgIpc) is 2.98. The lowest BCUT2D eigenvalue weighted by Gasteiger charge is -2.35. The number of carbonyl (C=O) groups is 1. The lowest BCUT2D eigenvalue weighted by Crippen LogP contribution is -2.29. The zero-order valence-corrected chi connectivity index (χ0v) is 15.6. The lowest BCUT2D eigenvalue weighted by molar-refractivity contribution is 0.0694. The van der Waals surface area contributed by atoms with Gasteiger partial charge in [-0.25, -0.2) is 18.6 Å². The molecular weight excluding hydrogens is 368 g/mol. The molecule has 28 heavy (non-hydrogen) atoms. The van der Waals surface area contributed by atoms with Crippen molar-refractivity contribution in [1.82, 2.24) is 14.4 Å². The molecule has 146 valence electrons. The van der Waals surface area contributed by atoms with E-state index >= 15 is 0 Å². The number of nitrogens with zero attached hydrogens (tertiary/aromatic N) is 2. The fraction of sp³-hybridized carbons (Fsp3) is 0.350. The molecule has 0 spiro atoms. The summed E-state index contributed by atoms with van der Waals surface area (Å²) in [5.41, 5.74) is 0.832. The van der Waals surface area contributed by atoms with Crippen molar-refractivity contribution >= 4 is 11.6 Å². The zero-order valence-electron chi connectivity index (χ0n) is 15.6. The van der Waals surface area contributed by atoms with Gasteiger partial charge in [-0.3, -0.25) is 4.79 Å². The van der Waals surface area contributed by atoms with Crippen LogP contribution in [-0.2, 0) is 6.42 Å². The van der Waals surface area contributed by atoms with Gasteiger partial charge in [0.1, 0.15) is 16.9 Å². The number of carboxylic acids is 1. The summed E-state index contributed by atoms with van der Waals surface area (Å²) in [6.45, 7) is 6.06. The maximum atomic E-state index is 13.5. The van der Waals surface area contributed by atoms with Crippen LogP contribution < -0.4 is 5.56 Å². The van der Waals surface area contributed by atoms with Gasteiger partial charge in [-0.1, -0.05) is 20.8 Å². The van der Waals surface area contributed by atoms with Gasteiger partial charge < -0.3 is 14.5 Å². The Kier molecular flexibility index (Phi) is 3.92. The minimum Gasteiger partial charge on any atom is -0.477 e. The number of nitrogens with one attached hydrogen (secondary N) is 1. The largest absolute Gasteiger partial charge is 0.477 e. The molecule has 1 aliphatic rings. The lowest BCUT2D eigenvalue weighted by atomic mass is 9.70. The Balaban J connectivity index is 2.08. The van der Waals surface area contributed by atoms with Gasteiger partial charge in [-0.15, -0.1) is 0 Å². The molecule has 0 saturated carbocycles. The number of aromatic carboxylic acids is 1. The molecule has 1 atom stereocenters. The quantitative estimate of drug-likeness (QED) is 0.695. The number of hydrogen-bond donors (Lipinski definition) is 2. The van der Waals surface area contributed by atoms with E-state index in [-0.39, 0.29) is 28.1 Å². The van der Waals surface area contributed by atoms with E-state index in [0.717, 1.165) is 5.69 Å². The maximum absolute atomic E-state index is 13.5. The van der Waals surface area contributed by atoms with Gasteiger partial charge in [0, 0.05) is 6.20 Å². The van der Waals surface area contributed by atoms with Crippen LogP contribution in [0.2, 0.25) is 0 Å². The highest BCUT2D eigenvalue weighted by molar-refractivity contribution is 5.88. The van der Waals surface area contributed by atoms with Crippen LogP contribution in [0.3, 0.4) is 0 Å². The molecule has 2 N–H and O–H groups in total. The fourth-order valence-corrected chi connectivity index (χ4v) is 3.96. The Morgan fingerprint density at radius 1 is 1.39 bits per heavy atom. The van der Waals surface area contributed by atoms with E-state index in [1.807, 2.05) is 20.8 Å². The van der Waals surface area contributed by atoms with E-state index in [1.165, 1.54) is 12.1 Å². The Labute approximate surface area is 158 Å². The smallest absolute Gasteiger partial charge is 0.341 e. The van der Waals surface area contributed by atoms with Crippen molar-refractivity contribution in [3.05, 3.63) is 57.1 Å². The third kappa shape index (κ3) is 2.63. The number of hydrogen-bond acceptors (Lipinski definition) is 3. The Bertz CT molecular complexity index is 1170. The predicted octanol–water partition coefficient (Wildman–Crippen LogP) is 4.01. The summed E-state index contributed by atoms with van der Waals surface area (Å²) in [6, 6.07) is 4.28. The summed E-state index contributed by atoms with van der Waals surface area (Å²) >= 11 is 0.